The minimum absolute atomic E-state index is 0.0401. The van der Waals surface area contributed by atoms with Gasteiger partial charge in [-0.05, 0) is 46.7 Å². The molecule has 24 heavy (non-hydrogen) atoms. The van der Waals surface area contributed by atoms with Crippen LogP contribution in [0.15, 0.2) is 36.4 Å². The normalized spacial score (nSPS) is 21.4. The van der Waals surface area contributed by atoms with Crippen LogP contribution in [-0.4, -0.2) is 5.91 Å². The van der Waals surface area contributed by atoms with E-state index in [0.717, 1.165) is 30.6 Å². The third-order valence-corrected chi connectivity index (χ3v) is 5.61. The number of nitrogens with one attached hydrogen (secondary N) is 2. The minimum Gasteiger partial charge on any atom is -0.352 e. The molecule has 4 rings (SSSR count). The molecule has 0 spiro atoms. The molecule has 2 unspecified atom stereocenters. The topological polar surface area (TPSA) is 41.1 Å². The lowest BCUT2D eigenvalue weighted by molar-refractivity contribution is -0.122. The maximum absolute atomic E-state index is 12.4. The van der Waals surface area contributed by atoms with Crippen molar-refractivity contribution in [3.8, 4) is 0 Å². The first kappa shape index (κ1) is 15.9. The smallest absolute Gasteiger partial charge is 0.224 e. The Morgan fingerprint density at radius 1 is 1.08 bits per heavy atom. The molecular weight excluding hydrogens is 343 g/mol. The minimum atomic E-state index is 0.0401. The second kappa shape index (κ2) is 6.40. The number of carbonyl (C=O) groups excluding carboxylic acids is 1. The molecule has 2 aromatic carbocycles. The predicted molar refractivity (Wildman–Crippen MR) is 96.1 cm³/mol. The third-order valence-electron chi connectivity index (χ3n) is 4.87. The number of halogens is 2. The fourth-order valence-corrected chi connectivity index (χ4v) is 3.68. The molecule has 0 radical (unpaired) electrons. The van der Waals surface area contributed by atoms with Crippen molar-refractivity contribution in [2.45, 2.75) is 32.0 Å². The van der Waals surface area contributed by atoms with Gasteiger partial charge in [-0.15, -0.1) is 0 Å². The van der Waals surface area contributed by atoms with Gasteiger partial charge < -0.3 is 10.6 Å². The lowest BCUT2D eigenvalue weighted by Crippen LogP contribution is -2.24. The second-order valence-corrected chi connectivity index (χ2v) is 7.36. The Hall–Kier alpha value is -1.55. The standard InChI is InChI=1S/C19H18Cl2N2O/c20-17-4-3-12(6-18(17)21)15-7-16(15)19(24)23-8-11-1-2-13-9-22-10-14(13)5-11/h1-6,15-16,22H,7-10H2,(H,23,24). The Morgan fingerprint density at radius 3 is 2.75 bits per heavy atom. The molecule has 1 amide bonds. The van der Waals surface area contributed by atoms with E-state index >= 15 is 0 Å². The van der Waals surface area contributed by atoms with E-state index in [-0.39, 0.29) is 17.7 Å². The van der Waals surface area contributed by atoms with Crippen molar-refractivity contribution in [3.63, 3.8) is 0 Å². The van der Waals surface area contributed by atoms with Gasteiger partial charge in [-0.3, -0.25) is 4.79 Å². The van der Waals surface area contributed by atoms with Crippen LogP contribution >= 0.6 is 23.2 Å². The molecule has 5 heteroatoms. The van der Waals surface area contributed by atoms with E-state index in [2.05, 4.69) is 28.8 Å². The van der Waals surface area contributed by atoms with Crippen LogP contribution in [0.25, 0.3) is 0 Å². The Bertz CT molecular complexity index is 806. The van der Waals surface area contributed by atoms with Crippen molar-refractivity contribution < 1.29 is 4.79 Å². The maximum atomic E-state index is 12.4. The van der Waals surface area contributed by atoms with Crippen LogP contribution in [0, 0.1) is 5.92 Å². The van der Waals surface area contributed by atoms with Crippen LogP contribution in [0.5, 0.6) is 0 Å². The number of fused-ring (bicyclic) bond motifs is 1. The first-order valence-corrected chi connectivity index (χ1v) is 8.91. The zero-order chi connectivity index (χ0) is 16.7. The molecule has 124 valence electrons. The van der Waals surface area contributed by atoms with Gasteiger partial charge in [0.2, 0.25) is 5.91 Å². The summed E-state index contributed by atoms with van der Waals surface area (Å²) in [7, 11) is 0. The van der Waals surface area contributed by atoms with Crippen LogP contribution < -0.4 is 10.6 Å². The summed E-state index contributed by atoms with van der Waals surface area (Å²) in [6.07, 6.45) is 0.873. The zero-order valence-electron chi connectivity index (χ0n) is 13.1. The van der Waals surface area contributed by atoms with Gasteiger partial charge in [0.05, 0.1) is 10.0 Å². The molecule has 1 aliphatic carbocycles. The molecule has 1 saturated carbocycles. The van der Waals surface area contributed by atoms with E-state index in [1.807, 2.05) is 12.1 Å². The van der Waals surface area contributed by atoms with Crippen LogP contribution in [0.3, 0.4) is 0 Å². The molecule has 1 aliphatic heterocycles. The lowest BCUT2D eigenvalue weighted by atomic mass is 10.1. The number of carbonyl (C=O) groups is 1. The average Bonchev–Trinajstić information content (AvgIpc) is 3.25. The van der Waals surface area contributed by atoms with Gasteiger partial charge >= 0.3 is 0 Å². The fourth-order valence-electron chi connectivity index (χ4n) is 3.37. The highest BCUT2D eigenvalue weighted by Crippen LogP contribution is 2.48. The van der Waals surface area contributed by atoms with Crippen LogP contribution in [0.2, 0.25) is 10.0 Å². The Morgan fingerprint density at radius 2 is 1.92 bits per heavy atom. The summed E-state index contributed by atoms with van der Waals surface area (Å²) in [4.78, 5) is 12.4. The number of hydrogen-bond acceptors (Lipinski definition) is 2. The molecule has 0 aromatic heterocycles. The van der Waals surface area contributed by atoms with Crippen molar-refractivity contribution in [2.24, 2.45) is 5.92 Å². The number of benzene rings is 2. The molecule has 1 heterocycles. The summed E-state index contributed by atoms with van der Waals surface area (Å²) in [5.41, 5.74) is 4.93. The van der Waals surface area contributed by atoms with Crippen LogP contribution in [0.4, 0.5) is 0 Å². The molecule has 2 N–H and O–H groups in total. The molecule has 0 bridgehead atoms. The Balaban J connectivity index is 1.35. The van der Waals surface area contributed by atoms with Crippen molar-refractivity contribution in [1.29, 1.82) is 0 Å². The van der Waals surface area contributed by atoms with Crippen LogP contribution in [0.1, 0.15) is 34.6 Å². The van der Waals surface area contributed by atoms with Crippen LogP contribution in [-0.2, 0) is 24.4 Å². The Labute approximate surface area is 151 Å². The molecule has 2 atom stereocenters. The summed E-state index contributed by atoms with van der Waals surface area (Å²) in [5.74, 6) is 0.409. The highest BCUT2D eigenvalue weighted by atomic mass is 35.5. The summed E-state index contributed by atoms with van der Waals surface area (Å²) in [5, 5.41) is 7.49. The predicted octanol–water partition coefficient (Wildman–Crippen LogP) is 4.02. The van der Waals surface area contributed by atoms with Gasteiger partial charge in [-0.1, -0.05) is 47.5 Å². The van der Waals surface area contributed by atoms with E-state index in [4.69, 9.17) is 23.2 Å². The summed E-state index contributed by atoms with van der Waals surface area (Å²) >= 11 is 12.0. The quantitative estimate of drug-likeness (QED) is 0.864. The average molecular weight is 361 g/mol. The van der Waals surface area contributed by atoms with Gasteiger partial charge in [0.1, 0.15) is 0 Å². The Kier molecular flexibility index (Phi) is 4.25. The van der Waals surface area contributed by atoms with Gasteiger partial charge in [0, 0.05) is 25.6 Å². The second-order valence-electron chi connectivity index (χ2n) is 6.55. The van der Waals surface area contributed by atoms with Gasteiger partial charge in [0.25, 0.3) is 0 Å². The van der Waals surface area contributed by atoms with Crippen molar-refractivity contribution >= 4 is 29.1 Å². The molecule has 3 nitrogen and oxygen atoms in total. The number of hydrogen-bond donors (Lipinski definition) is 2. The molecular formula is C19H18Cl2N2O. The largest absolute Gasteiger partial charge is 0.352 e. The van der Waals surface area contributed by atoms with Gasteiger partial charge in [-0.25, -0.2) is 0 Å². The summed E-state index contributed by atoms with van der Waals surface area (Å²) in [6.45, 7) is 2.44. The van der Waals surface area contributed by atoms with E-state index in [0.29, 0.717) is 16.6 Å². The molecule has 0 saturated heterocycles. The first-order valence-electron chi connectivity index (χ1n) is 8.16. The monoisotopic (exact) mass is 360 g/mol. The van der Waals surface area contributed by atoms with Gasteiger partial charge in [-0.2, -0.15) is 0 Å². The lowest BCUT2D eigenvalue weighted by Gasteiger charge is -2.07. The summed E-state index contributed by atoms with van der Waals surface area (Å²) < 4.78 is 0. The highest BCUT2D eigenvalue weighted by Gasteiger charge is 2.43. The van der Waals surface area contributed by atoms with Crippen molar-refractivity contribution in [3.05, 3.63) is 68.7 Å². The number of rotatable bonds is 4. The molecule has 1 fully saturated rings. The molecule has 2 aromatic rings. The van der Waals surface area contributed by atoms with E-state index < -0.39 is 0 Å². The maximum Gasteiger partial charge on any atom is 0.224 e. The van der Waals surface area contributed by atoms with E-state index in [9.17, 15) is 4.79 Å². The van der Waals surface area contributed by atoms with Crippen molar-refractivity contribution in [1.82, 2.24) is 10.6 Å². The molecule has 2 aliphatic rings. The van der Waals surface area contributed by atoms with E-state index in [1.54, 1.807) is 6.07 Å². The van der Waals surface area contributed by atoms with Crippen molar-refractivity contribution in [2.75, 3.05) is 0 Å². The SMILES string of the molecule is O=C(NCc1ccc2c(c1)CNC2)C1CC1c1ccc(Cl)c(Cl)c1. The number of amides is 1. The zero-order valence-corrected chi connectivity index (χ0v) is 14.6. The third kappa shape index (κ3) is 3.16. The highest BCUT2D eigenvalue weighted by molar-refractivity contribution is 6.42. The summed E-state index contributed by atoms with van der Waals surface area (Å²) in [6, 6.07) is 12.0. The first-order chi connectivity index (χ1) is 11.6. The fraction of sp³-hybridized carbons (Fsp3) is 0.316. The van der Waals surface area contributed by atoms with E-state index in [1.165, 1.54) is 11.1 Å². The van der Waals surface area contributed by atoms with Gasteiger partial charge in [0.15, 0.2) is 0 Å².